The van der Waals surface area contributed by atoms with Crippen molar-refractivity contribution >= 4 is 11.7 Å². The summed E-state index contributed by atoms with van der Waals surface area (Å²) in [5, 5.41) is 8.28. The van der Waals surface area contributed by atoms with E-state index < -0.39 is 0 Å². The van der Waals surface area contributed by atoms with Crippen LogP contribution in [0.25, 0.3) is 0 Å². The van der Waals surface area contributed by atoms with Crippen LogP contribution in [0.1, 0.15) is 25.0 Å². The number of anilines is 1. The van der Waals surface area contributed by atoms with Crippen molar-refractivity contribution in [2.24, 2.45) is 0 Å². The quantitative estimate of drug-likeness (QED) is 0.790. The number of aryl methyl sites for hydroxylation is 1. The maximum Gasteiger partial charge on any atom is 0.244 e. The van der Waals surface area contributed by atoms with Crippen molar-refractivity contribution < 1.29 is 4.79 Å². The molecule has 5 heteroatoms. The van der Waals surface area contributed by atoms with Gasteiger partial charge in [0.1, 0.15) is 6.04 Å². The minimum Gasteiger partial charge on any atom is -0.347 e. The van der Waals surface area contributed by atoms with Crippen molar-refractivity contribution in [1.29, 1.82) is 0 Å². The second-order valence-electron chi connectivity index (χ2n) is 4.97. The average molecular weight is 248 g/mol. The molecule has 0 aromatic carbocycles. The summed E-state index contributed by atoms with van der Waals surface area (Å²) in [6, 6.07) is 3.79. The number of aromatic nitrogens is 2. The van der Waals surface area contributed by atoms with Crippen LogP contribution in [0.3, 0.4) is 0 Å². The van der Waals surface area contributed by atoms with Gasteiger partial charge >= 0.3 is 0 Å². The van der Waals surface area contributed by atoms with Crippen molar-refractivity contribution in [3.63, 3.8) is 0 Å². The second kappa shape index (κ2) is 5.33. The molecule has 0 saturated carbocycles. The molecule has 0 bridgehead atoms. The normalized spacial score (nSPS) is 19.7. The Balaban J connectivity index is 2.22. The molecule has 0 radical (unpaired) electrons. The molecule has 98 valence electrons. The molecule has 0 spiro atoms. The van der Waals surface area contributed by atoms with E-state index in [1.54, 1.807) is 19.0 Å². The Morgan fingerprint density at radius 2 is 2.11 bits per heavy atom. The molecule has 18 heavy (non-hydrogen) atoms. The monoisotopic (exact) mass is 248 g/mol. The number of hydrogen-bond donors (Lipinski definition) is 0. The summed E-state index contributed by atoms with van der Waals surface area (Å²) in [6.07, 6.45) is 3.10. The summed E-state index contributed by atoms with van der Waals surface area (Å²) in [6.45, 7) is 2.79. The van der Waals surface area contributed by atoms with E-state index in [-0.39, 0.29) is 11.9 Å². The lowest BCUT2D eigenvalue weighted by Crippen LogP contribution is -2.49. The highest BCUT2D eigenvalue weighted by molar-refractivity contribution is 5.84. The van der Waals surface area contributed by atoms with Gasteiger partial charge in [-0.2, -0.15) is 5.10 Å². The molecular weight excluding hydrogens is 228 g/mol. The van der Waals surface area contributed by atoms with Crippen LogP contribution < -0.4 is 4.90 Å². The summed E-state index contributed by atoms with van der Waals surface area (Å²) < 4.78 is 0. The highest BCUT2D eigenvalue weighted by Crippen LogP contribution is 2.23. The maximum absolute atomic E-state index is 12.2. The first-order valence-electron chi connectivity index (χ1n) is 6.38. The highest BCUT2D eigenvalue weighted by Gasteiger charge is 2.30. The van der Waals surface area contributed by atoms with Gasteiger partial charge in [0.25, 0.3) is 0 Å². The van der Waals surface area contributed by atoms with E-state index in [4.69, 9.17) is 0 Å². The highest BCUT2D eigenvalue weighted by atomic mass is 16.2. The van der Waals surface area contributed by atoms with Crippen LogP contribution in [0.2, 0.25) is 0 Å². The Labute approximate surface area is 108 Å². The smallest absolute Gasteiger partial charge is 0.244 e. The fourth-order valence-corrected chi connectivity index (χ4v) is 2.31. The number of rotatable bonds is 2. The van der Waals surface area contributed by atoms with Crippen LogP contribution in [0.5, 0.6) is 0 Å². The van der Waals surface area contributed by atoms with Gasteiger partial charge in [-0.05, 0) is 38.3 Å². The molecule has 1 aromatic heterocycles. The Hall–Kier alpha value is -1.65. The first-order valence-corrected chi connectivity index (χ1v) is 6.38. The number of carbonyl (C=O) groups excluding carboxylic acids is 1. The van der Waals surface area contributed by atoms with Gasteiger partial charge in [-0.3, -0.25) is 4.79 Å². The van der Waals surface area contributed by atoms with Crippen molar-refractivity contribution in [1.82, 2.24) is 15.1 Å². The SMILES string of the molecule is Cc1ccc(N2CCCCC2C(=O)N(C)C)nn1. The number of amides is 1. The van der Waals surface area contributed by atoms with Gasteiger partial charge in [0.15, 0.2) is 5.82 Å². The Kier molecular flexibility index (Phi) is 3.79. The number of hydrogen-bond acceptors (Lipinski definition) is 4. The van der Waals surface area contributed by atoms with E-state index in [2.05, 4.69) is 15.1 Å². The van der Waals surface area contributed by atoms with E-state index in [1.165, 1.54) is 0 Å². The van der Waals surface area contributed by atoms with Crippen LogP contribution in [-0.4, -0.2) is 47.7 Å². The summed E-state index contributed by atoms with van der Waals surface area (Å²) in [4.78, 5) is 15.9. The first-order chi connectivity index (χ1) is 8.59. The minimum absolute atomic E-state index is 0.0919. The van der Waals surface area contributed by atoms with Gasteiger partial charge in [0.2, 0.25) is 5.91 Å². The van der Waals surface area contributed by atoms with Gasteiger partial charge < -0.3 is 9.80 Å². The lowest BCUT2D eigenvalue weighted by Gasteiger charge is -2.36. The molecule has 0 aliphatic carbocycles. The molecule has 1 atom stereocenters. The van der Waals surface area contributed by atoms with Crippen molar-refractivity contribution in [3.05, 3.63) is 17.8 Å². The van der Waals surface area contributed by atoms with Gasteiger partial charge in [-0.15, -0.1) is 5.10 Å². The molecular formula is C13H20N4O. The third kappa shape index (κ3) is 2.60. The standard InChI is InChI=1S/C13H20N4O/c1-10-7-8-12(15-14-10)17-9-5-4-6-11(17)13(18)16(2)3/h7-8,11H,4-6,9H2,1-3H3. The fraction of sp³-hybridized carbons (Fsp3) is 0.615. The van der Waals surface area contributed by atoms with Crippen LogP contribution in [0.4, 0.5) is 5.82 Å². The number of carbonyl (C=O) groups is 1. The molecule has 1 unspecified atom stereocenters. The zero-order valence-electron chi connectivity index (χ0n) is 11.3. The lowest BCUT2D eigenvalue weighted by molar-refractivity contribution is -0.130. The van der Waals surface area contributed by atoms with Crippen LogP contribution >= 0.6 is 0 Å². The minimum atomic E-state index is -0.0919. The molecule has 1 aliphatic rings. The predicted molar refractivity (Wildman–Crippen MR) is 70.4 cm³/mol. The molecule has 0 N–H and O–H groups in total. The predicted octanol–water partition coefficient (Wildman–Crippen LogP) is 1.23. The van der Waals surface area contributed by atoms with Crippen molar-refractivity contribution in [2.75, 3.05) is 25.5 Å². The van der Waals surface area contributed by atoms with Crippen LogP contribution in [-0.2, 0) is 4.79 Å². The lowest BCUT2D eigenvalue weighted by atomic mass is 10.0. The number of likely N-dealkylation sites (N-methyl/N-ethyl adjacent to an activating group) is 1. The van der Waals surface area contributed by atoms with Gasteiger partial charge in [0.05, 0.1) is 5.69 Å². The van der Waals surface area contributed by atoms with Gasteiger partial charge in [0, 0.05) is 20.6 Å². The van der Waals surface area contributed by atoms with Gasteiger partial charge in [-0.1, -0.05) is 0 Å². The molecule has 1 aromatic rings. The second-order valence-corrected chi connectivity index (χ2v) is 4.97. The Morgan fingerprint density at radius 1 is 1.33 bits per heavy atom. The van der Waals surface area contributed by atoms with E-state index in [0.717, 1.165) is 37.3 Å². The first kappa shape index (κ1) is 12.8. The molecule has 2 rings (SSSR count). The topological polar surface area (TPSA) is 49.3 Å². The van der Waals surface area contributed by atoms with Crippen molar-refractivity contribution in [2.45, 2.75) is 32.2 Å². The summed E-state index contributed by atoms with van der Waals surface area (Å²) >= 11 is 0. The molecule has 1 amide bonds. The zero-order chi connectivity index (χ0) is 13.1. The van der Waals surface area contributed by atoms with E-state index in [1.807, 2.05) is 19.1 Å². The van der Waals surface area contributed by atoms with Crippen LogP contribution in [0.15, 0.2) is 12.1 Å². The maximum atomic E-state index is 12.2. The molecule has 1 saturated heterocycles. The molecule has 1 fully saturated rings. The van der Waals surface area contributed by atoms with Gasteiger partial charge in [-0.25, -0.2) is 0 Å². The van der Waals surface area contributed by atoms with E-state index in [9.17, 15) is 4.79 Å². The third-order valence-electron chi connectivity index (χ3n) is 3.31. The Morgan fingerprint density at radius 3 is 2.72 bits per heavy atom. The largest absolute Gasteiger partial charge is 0.347 e. The summed E-state index contributed by atoms with van der Waals surface area (Å²) in [5.74, 6) is 0.956. The number of nitrogens with zero attached hydrogens (tertiary/aromatic N) is 4. The summed E-state index contributed by atoms with van der Waals surface area (Å²) in [7, 11) is 3.60. The Bertz CT molecular complexity index is 416. The van der Waals surface area contributed by atoms with Crippen molar-refractivity contribution in [3.8, 4) is 0 Å². The fourth-order valence-electron chi connectivity index (χ4n) is 2.31. The third-order valence-corrected chi connectivity index (χ3v) is 3.31. The van der Waals surface area contributed by atoms with E-state index in [0.29, 0.717) is 0 Å². The summed E-state index contributed by atoms with van der Waals surface area (Å²) in [5.41, 5.74) is 0.895. The number of piperidine rings is 1. The molecule has 2 heterocycles. The average Bonchev–Trinajstić information content (AvgIpc) is 2.39. The molecule has 1 aliphatic heterocycles. The zero-order valence-corrected chi connectivity index (χ0v) is 11.3. The molecule has 5 nitrogen and oxygen atoms in total. The van der Waals surface area contributed by atoms with Crippen LogP contribution in [0, 0.1) is 6.92 Å². The van der Waals surface area contributed by atoms with E-state index >= 15 is 0 Å².